The van der Waals surface area contributed by atoms with Crippen LogP contribution in [0.2, 0.25) is 0 Å². The van der Waals surface area contributed by atoms with Crippen molar-refractivity contribution in [3.8, 4) is 0 Å². The van der Waals surface area contributed by atoms with Crippen molar-refractivity contribution in [2.24, 2.45) is 11.7 Å². The number of thioether (sulfide) groups is 1. The Bertz CT molecular complexity index is 351. The van der Waals surface area contributed by atoms with E-state index in [1.54, 1.807) is 0 Å². The predicted octanol–water partition coefficient (Wildman–Crippen LogP) is 3.46. The Labute approximate surface area is 121 Å². The fourth-order valence-electron chi connectivity index (χ4n) is 2.12. The van der Waals surface area contributed by atoms with Gasteiger partial charge in [-0.2, -0.15) is 0 Å². The van der Waals surface area contributed by atoms with Crippen molar-refractivity contribution in [3.63, 3.8) is 0 Å². The third-order valence-corrected chi connectivity index (χ3v) is 4.61. The number of rotatable bonds is 10. The second kappa shape index (κ2) is 9.37. The Balaban J connectivity index is 2.58. The van der Waals surface area contributed by atoms with Gasteiger partial charge >= 0.3 is 0 Å². The highest BCUT2D eigenvalue weighted by atomic mass is 32.2. The molecule has 1 aromatic rings. The Morgan fingerprint density at radius 1 is 1.21 bits per heavy atom. The summed E-state index contributed by atoms with van der Waals surface area (Å²) in [6.07, 6.45) is 6.27. The summed E-state index contributed by atoms with van der Waals surface area (Å²) in [6.45, 7) is 8.15. The Morgan fingerprint density at radius 2 is 2.00 bits per heavy atom. The van der Waals surface area contributed by atoms with E-state index >= 15 is 0 Å². The Morgan fingerprint density at radius 3 is 2.58 bits per heavy atom. The molecule has 0 bridgehead atoms. The standard InChI is InChI=1S/C14H28N4S/c1-4-7-8-12(6-3)11-19-14-17-16-13(10-15)18(14)9-5-2/h12H,4-11,15H2,1-3H3. The first kappa shape index (κ1) is 16.5. The van der Waals surface area contributed by atoms with Crippen molar-refractivity contribution in [1.29, 1.82) is 0 Å². The summed E-state index contributed by atoms with van der Waals surface area (Å²) in [4.78, 5) is 0. The molecule has 0 saturated heterocycles. The lowest BCUT2D eigenvalue weighted by molar-refractivity contribution is 0.498. The maximum atomic E-state index is 5.71. The van der Waals surface area contributed by atoms with Crippen molar-refractivity contribution in [2.45, 2.75) is 71.1 Å². The summed E-state index contributed by atoms with van der Waals surface area (Å²) in [7, 11) is 0. The SMILES string of the molecule is CCCCC(CC)CSc1nnc(CN)n1CCC. The topological polar surface area (TPSA) is 56.7 Å². The lowest BCUT2D eigenvalue weighted by Crippen LogP contribution is -2.10. The van der Waals surface area contributed by atoms with Crippen LogP contribution >= 0.6 is 11.8 Å². The van der Waals surface area contributed by atoms with Crippen molar-refractivity contribution in [1.82, 2.24) is 14.8 Å². The number of aromatic nitrogens is 3. The Kier molecular flexibility index (Phi) is 8.14. The summed E-state index contributed by atoms with van der Waals surface area (Å²) < 4.78 is 2.18. The van der Waals surface area contributed by atoms with Crippen LogP contribution in [0.5, 0.6) is 0 Å². The maximum absolute atomic E-state index is 5.71. The fraction of sp³-hybridized carbons (Fsp3) is 0.857. The molecule has 2 N–H and O–H groups in total. The van der Waals surface area contributed by atoms with E-state index in [1.165, 1.54) is 25.7 Å². The molecule has 0 aromatic carbocycles. The molecule has 1 atom stereocenters. The second-order valence-corrected chi connectivity index (χ2v) is 5.97. The largest absolute Gasteiger partial charge is 0.324 e. The summed E-state index contributed by atoms with van der Waals surface area (Å²) >= 11 is 1.84. The minimum atomic E-state index is 0.473. The van der Waals surface area contributed by atoms with E-state index in [-0.39, 0.29) is 0 Å². The lowest BCUT2D eigenvalue weighted by atomic mass is 10.0. The van der Waals surface area contributed by atoms with Gasteiger partial charge in [0.1, 0.15) is 5.82 Å². The summed E-state index contributed by atoms with van der Waals surface area (Å²) in [5.41, 5.74) is 5.71. The lowest BCUT2D eigenvalue weighted by Gasteiger charge is -2.14. The van der Waals surface area contributed by atoms with Gasteiger partial charge in [0, 0.05) is 12.3 Å². The van der Waals surface area contributed by atoms with Crippen LogP contribution in [0.15, 0.2) is 5.16 Å². The molecule has 1 unspecified atom stereocenters. The molecule has 0 aliphatic carbocycles. The van der Waals surface area contributed by atoms with Crippen molar-refractivity contribution in [3.05, 3.63) is 5.82 Å². The van der Waals surface area contributed by atoms with E-state index in [2.05, 4.69) is 35.5 Å². The summed E-state index contributed by atoms with van der Waals surface area (Å²) in [6, 6.07) is 0. The van der Waals surface area contributed by atoms with E-state index in [9.17, 15) is 0 Å². The molecule has 19 heavy (non-hydrogen) atoms. The zero-order valence-electron chi connectivity index (χ0n) is 12.6. The third kappa shape index (κ3) is 5.15. The maximum Gasteiger partial charge on any atom is 0.191 e. The molecule has 110 valence electrons. The van der Waals surface area contributed by atoms with Gasteiger partial charge in [0.2, 0.25) is 0 Å². The van der Waals surface area contributed by atoms with Gasteiger partial charge in [-0.15, -0.1) is 10.2 Å². The smallest absolute Gasteiger partial charge is 0.191 e. The Hall–Kier alpha value is -0.550. The zero-order valence-corrected chi connectivity index (χ0v) is 13.4. The second-order valence-electron chi connectivity index (χ2n) is 4.98. The summed E-state index contributed by atoms with van der Waals surface area (Å²) in [5.74, 6) is 2.84. The van der Waals surface area contributed by atoms with Gasteiger partial charge in [0.15, 0.2) is 5.16 Å². The van der Waals surface area contributed by atoms with Crippen LogP contribution in [0.1, 0.15) is 58.7 Å². The molecule has 1 aromatic heterocycles. The van der Waals surface area contributed by atoms with Crippen molar-refractivity contribution in [2.75, 3.05) is 5.75 Å². The molecule has 0 saturated carbocycles. The quantitative estimate of drug-likeness (QED) is 0.669. The first-order valence-corrected chi connectivity index (χ1v) is 8.50. The molecule has 1 heterocycles. The van der Waals surface area contributed by atoms with Crippen LogP contribution < -0.4 is 5.73 Å². The van der Waals surface area contributed by atoms with Crippen LogP contribution in [-0.2, 0) is 13.1 Å². The van der Waals surface area contributed by atoms with Gasteiger partial charge in [-0.1, -0.05) is 51.8 Å². The highest BCUT2D eigenvalue weighted by Crippen LogP contribution is 2.24. The van der Waals surface area contributed by atoms with E-state index in [0.29, 0.717) is 6.54 Å². The number of nitrogens with zero attached hydrogens (tertiary/aromatic N) is 3. The molecule has 0 aliphatic heterocycles. The van der Waals surface area contributed by atoms with Crippen LogP contribution in [0.4, 0.5) is 0 Å². The molecule has 0 aliphatic rings. The van der Waals surface area contributed by atoms with Gasteiger partial charge in [0.25, 0.3) is 0 Å². The molecule has 5 heteroatoms. The molecule has 0 spiro atoms. The van der Waals surface area contributed by atoms with Gasteiger partial charge in [-0.05, 0) is 18.8 Å². The van der Waals surface area contributed by atoms with Crippen LogP contribution in [0, 0.1) is 5.92 Å². The van der Waals surface area contributed by atoms with Crippen molar-refractivity contribution < 1.29 is 0 Å². The first-order valence-electron chi connectivity index (χ1n) is 7.51. The van der Waals surface area contributed by atoms with E-state index < -0.39 is 0 Å². The molecule has 0 radical (unpaired) electrons. The van der Waals surface area contributed by atoms with Gasteiger partial charge < -0.3 is 10.3 Å². The van der Waals surface area contributed by atoms with Crippen LogP contribution in [-0.4, -0.2) is 20.5 Å². The monoisotopic (exact) mass is 284 g/mol. The zero-order chi connectivity index (χ0) is 14.1. The third-order valence-electron chi connectivity index (χ3n) is 3.41. The predicted molar refractivity (Wildman–Crippen MR) is 82.2 cm³/mol. The molecule has 1 rings (SSSR count). The highest BCUT2D eigenvalue weighted by molar-refractivity contribution is 7.99. The van der Waals surface area contributed by atoms with E-state index in [4.69, 9.17) is 5.73 Å². The first-order chi connectivity index (χ1) is 9.26. The van der Waals surface area contributed by atoms with E-state index in [1.807, 2.05) is 11.8 Å². The number of unbranched alkanes of at least 4 members (excludes halogenated alkanes) is 1. The average molecular weight is 284 g/mol. The molecule has 4 nitrogen and oxygen atoms in total. The van der Waals surface area contributed by atoms with E-state index in [0.717, 1.165) is 35.6 Å². The number of nitrogens with two attached hydrogens (primary N) is 1. The van der Waals surface area contributed by atoms with Crippen LogP contribution in [0.25, 0.3) is 0 Å². The minimum Gasteiger partial charge on any atom is -0.324 e. The van der Waals surface area contributed by atoms with Gasteiger partial charge in [-0.25, -0.2) is 0 Å². The highest BCUT2D eigenvalue weighted by Gasteiger charge is 2.13. The number of hydrogen-bond acceptors (Lipinski definition) is 4. The number of hydrogen-bond donors (Lipinski definition) is 1. The normalized spacial score (nSPS) is 12.8. The summed E-state index contributed by atoms with van der Waals surface area (Å²) in [5, 5.41) is 9.51. The molecule has 0 amide bonds. The minimum absolute atomic E-state index is 0.473. The molecule has 0 fully saturated rings. The fourth-order valence-corrected chi connectivity index (χ4v) is 3.35. The van der Waals surface area contributed by atoms with Crippen LogP contribution in [0.3, 0.4) is 0 Å². The van der Waals surface area contributed by atoms with Crippen molar-refractivity contribution >= 4 is 11.8 Å². The van der Waals surface area contributed by atoms with Gasteiger partial charge in [0.05, 0.1) is 6.54 Å². The molecular formula is C14H28N4S. The average Bonchev–Trinajstić information content (AvgIpc) is 2.82. The van der Waals surface area contributed by atoms with Gasteiger partial charge in [-0.3, -0.25) is 0 Å². The molecular weight excluding hydrogens is 256 g/mol.